The SMILES string of the molecule is c1ccc(-c2ccc(-c3ccnc(-c4ccc5ccc6ccc(-c7cc(-c8ccc(-c9ccccc9)cc8)ccn7)nc6c5n4)c3)cc2)cc1. The van der Waals surface area contributed by atoms with Crippen molar-refractivity contribution >= 4 is 21.8 Å². The predicted molar refractivity (Wildman–Crippen MR) is 205 cm³/mol. The number of fused-ring (bicyclic) bond motifs is 3. The molecule has 0 aliphatic rings. The Morgan fingerprint density at radius 3 is 1.00 bits per heavy atom. The van der Waals surface area contributed by atoms with Crippen LogP contribution >= 0.6 is 0 Å². The minimum atomic E-state index is 0.805. The number of rotatable bonds is 6. The van der Waals surface area contributed by atoms with Crippen molar-refractivity contribution in [2.45, 2.75) is 0 Å². The summed E-state index contributed by atoms with van der Waals surface area (Å²) in [7, 11) is 0. The van der Waals surface area contributed by atoms with Gasteiger partial charge in [-0.3, -0.25) is 9.97 Å². The van der Waals surface area contributed by atoms with E-state index >= 15 is 0 Å². The lowest BCUT2D eigenvalue weighted by Gasteiger charge is -2.10. The van der Waals surface area contributed by atoms with Crippen molar-refractivity contribution in [2.24, 2.45) is 0 Å². The number of hydrogen-bond acceptors (Lipinski definition) is 4. The van der Waals surface area contributed by atoms with Crippen LogP contribution in [0, 0.1) is 0 Å². The summed E-state index contributed by atoms with van der Waals surface area (Å²) < 4.78 is 0. The Morgan fingerprint density at radius 2 is 0.600 bits per heavy atom. The summed E-state index contributed by atoms with van der Waals surface area (Å²) in [5.41, 5.74) is 14.2. The highest BCUT2D eigenvalue weighted by atomic mass is 14.8. The van der Waals surface area contributed by atoms with Gasteiger partial charge >= 0.3 is 0 Å². The Balaban J connectivity index is 1.05. The molecular formula is C46H30N4. The first-order valence-corrected chi connectivity index (χ1v) is 16.7. The third-order valence-corrected chi connectivity index (χ3v) is 9.22. The topological polar surface area (TPSA) is 51.6 Å². The molecule has 4 aromatic heterocycles. The molecule has 234 valence electrons. The summed E-state index contributed by atoms with van der Waals surface area (Å²) in [6, 6.07) is 59.0. The Bertz CT molecular complexity index is 2430. The highest BCUT2D eigenvalue weighted by Gasteiger charge is 2.12. The molecule has 5 aromatic carbocycles. The molecule has 0 radical (unpaired) electrons. The van der Waals surface area contributed by atoms with Crippen LogP contribution in [0.5, 0.6) is 0 Å². The quantitative estimate of drug-likeness (QED) is 0.170. The van der Waals surface area contributed by atoms with E-state index in [0.717, 1.165) is 66.8 Å². The van der Waals surface area contributed by atoms with Gasteiger partial charge in [-0.25, -0.2) is 9.97 Å². The number of benzene rings is 5. The molecule has 0 amide bonds. The van der Waals surface area contributed by atoms with Gasteiger partial charge in [-0.05, 0) is 80.9 Å². The van der Waals surface area contributed by atoms with E-state index in [0.29, 0.717) is 0 Å². The molecule has 0 aliphatic carbocycles. The molecule has 0 aliphatic heterocycles. The second-order valence-electron chi connectivity index (χ2n) is 12.3. The Kier molecular flexibility index (Phi) is 7.45. The number of pyridine rings is 4. The maximum absolute atomic E-state index is 5.15. The first-order valence-electron chi connectivity index (χ1n) is 16.7. The molecule has 0 atom stereocenters. The van der Waals surface area contributed by atoms with Gasteiger partial charge in [-0.1, -0.05) is 133 Å². The van der Waals surface area contributed by atoms with Crippen LogP contribution in [-0.2, 0) is 0 Å². The Morgan fingerprint density at radius 1 is 0.260 bits per heavy atom. The van der Waals surface area contributed by atoms with Gasteiger partial charge in [0.25, 0.3) is 0 Å². The lowest BCUT2D eigenvalue weighted by molar-refractivity contribution is 1.26. The molecule has 4 nitrogen and oxygen atoms in total. The summed E-state index contributed by atoms with van der Waals surface area (Å²) in [6.45, 7) is 0. The zero-order valence-electron chi connectivity index (χ0n) is 27.1. The van der Waals surface area contributed by atoms with E-state index in [-0.39, 0.29) is 0 Å². The van der Waals surface area contributed by atoms with Gasteiger partial charge in [0.2, 0.25) is 0 Å². The molecule has 9 aromatic rings. The molecule has 0 saturated heterocycles. The van der Waals surface area contributed by atoms with Crippen molar-refractivity contribution < 1.29 is 0 Å². The van der Waals surface area contributed by atoms with Gasteiger partial charge in [0.15, 0.2) is 0 Å². The van der Waals surface area contributed by atoms with E-state index in [1.165, 1.54) is 22.3 Å². The van der Waals surface area contributed by atoms with Gasteiger partial charge in [-0.15, -0.1) is 0 Å². The second-order valence-corrected chi connectivity index (χ2v) is 12.3. The Labute approximate surface area is 290 Å². The normalized spacial score (nSPS) is 11.2. The van der Waals surface area contributed by atoms with Gasteiger partial charge in [-0.2, -0.15) is 0 Å². The lowest BCUT2D eigenvalue weighted by atomic mass is 10.00. The fourth-order valence-corrected chi connectivity index (χ4v) is 6.52. The molecule has 0 saturated carbocycles. The molecule has 0 N–H and O–H groups in total. The first kappa shape index (κ1) is 29.4. The zero-order valence-corrected chi connectivity index (χ0v) is 27.1. The lowest BCUT2D eigenvalue weighted by Crippen LogP contribution is -1.93. The summed E-state index contributed by atoms with van der Waals surface area (Å²) >= 11 is 0. The molecular weight excluding hydrogens is 609 g/mol. The van der Waals surface area contributed by atoms with Crippen LogP contribution in [-0.4, -0.2) is 19.9 Å². The van der Waals surface area contributed by atoms with Crippen molar-refractivity contribution in [3.8, 4) is 67.3 Å². The van der Waals surface area contributed by atoms with Gasteiger partial charge in [0, 0.05) is 23.2 Å². The van der Waals surface area contributed by atoms with E-state index < -0.39 is 0 Å². The molecule has 4 heterocycles. The summed E-state index contributed by atoms with van der Waals surface area (Å²) in [5.74, 6) is 0. The zero-order chi connectivity index (χ0) is 33.3. The van der Waals surface area contributed by atoms with Gasteiger partial charge in [0.05, 0.1) is 33.8 Å². The third kappa shape index (κ3) is 5.69. The standard InChI is InChI=1S/C46H30N4/c1-3-7-31(8-4-1)33-11-15-35(16-12-33)39-25-27-47-43(29-39)41-23-21-37-19-20-38-22-24-42(50-46(38)45(37)49-41)44-30-40(26-28-48-44)36-17-13-34(14-18-36)32-9-5-2-6-10-32/h1-30H. The van der Waals surface area contributed by atoms with Crippen LogP contribution in [0.25, 0.3) is 89.1 Å². The first-order chi connectivity index (χ1) is 24.7. The van der Waals surface area contributed by atoms with Crippen LogP contribution in [0.4, 0.5) is 0 Å². The van der Waals surface area contributed by atoms with E-state index in [4.69, 9.17) is 19.9 Å². The molecule has 0 bridgehead atoms. The number of nitrogens with zero attached hydrogens (tertiary/aromatic N) is 4. The molecule has 4 heteroatoms. The fourth-order valence-electron chi connectivity index (χ4n) is 6.52. The highest BCUT2D eigenvalue weighted by molar-refractivity contribution is 6.04. The molecule has 0 spiro atoms. The molecule has 0 fully saturated rings. The minimum absolute atomic E-state index is 0.805. The maximum atomic E-state index is 5.15. The number of aromatic nitrogens is 4. The average molecular weight is 639 g/mol. The van der Waals surface area contributed by atoms with E-state index in [1.807, 2.05) is 48.8 Å². The van der Waals surface area contributed by atoms with Crippen molar-refractivity contribution in [3.63, 3.8) is 0 Å². The van der Waals surface area contributed by atoms with Gasteiger partial charge in [0.1, 0.15) is 0 Å². The molecule has 50 heavy (non-hydrogen) atoms. The maximum Gasteiger partial charge on any atom is 0.0973 e. The molecule has 0 unspecified atom stereocenters. The summed E-state index contributed by atoms with van der Waals surface area (Å²) in [5, 5.41) is 2.05. The van der Waals surface area contributed by atoms with Crippen molar-refractivity contribution in [1.29, 1.82) is 0 Å². The smallest absolute Gasteiger partial charge is 0.0973 e. The van der Waals surface area contributed by atoms with Crippen molar-refractivity contribution in [3.05, 3.63) is 182 Å². The van der Waals surface area contributed by atoms with Crippen LogP contribution in [0.15, 0.2) is 182 Å². The van der Waals surface area contributed by atoms with Crippen molar-refractivity contribution in [2.75, 3.05) is 0 Å². The second kappa shape index (κ2) is 12.7. The summed E-state index contributed by atoms with van der Waals surface area (Å²) in [4.78, 5) is 19.7. The van der Waals surface area contributed by atoms with E-state index in [9.17, 15) is 0 Å². The summed E-state index contributed by atoms with van der Waals surface area (Å²) in [6.07, 6.45) is 3.71. The average Bonchev–Trinajstić information content (AvgIpc) is 3.21. The largest absolute Gasteiger partial charge is 0.255 e. The Hall–Kier alpha value is -6.78. The van der Waals surface area contributed by atoms with Crippen LogP contribution < -0.4 is 0 Å². The molecule has 9 rings (SSSR count). The van der Waals surface area contributed by atoms with Crippen LogP contribution in [0.1, 0.15) is 0 Å². The van der Waals surface area contributed by atoms with E-state index in [2.05, 4.69) is 133 Å². The van der Waals surface area contributed by atoms with E-state index in [1.54, 1.807) is 0 Å². The monoisotopic (exact) mass is 638 g/mol. The van der Waals surface area contributed by atoms with Crippen LogP contribution in [0.2, 0.25) is 0 Å². The van der Waals surface area contributed by atoms with Crippen molar-refractivity contribution in [1.82, 2.24) is 19.9 Å². The number of hydrogen-bond donors (Lipinski definition) is 0. The fraction of sp³-hybridized carbons (Fsp3) is 0. The third-order valence-electron chi connectivity index (χ3n) is 9.22. The van der Waals surface area contributed by atoms with Crippen LogP contribution in [0.3, 0.4) is 0 Å². The minimum Gasteiger partial charge on any atom is -0.255 e. The van der Waals surface area contributed by atoms with Gasteiger partial charge < -0.3 is 0 Å². The predicted octanol–water partition coefficient (Wildman–Crippen LogP) is 11.6. The highest BCUT2D eigenvalue weighted by Crippen LogP contribution is 2.32.